The quantitative estimate of drug-likeness (QED) is 0.0368. The smallest absolute Gasteiger partial charge is 0.339 e. The number of hydrogen-bond acceptors (Lipinski definition) is 18. The van der Waals surface area contributed by atoms with Gasteiger partial charge in [0.2, 0.25) is 23.0 Å². The third kappa shape index (κ3) is 12.4. The molecule has 0 saturated heterocycles. The van der Waals surface area contributed by atoms with Crippen LogP contribution in [0, 0.1) is 69.8 Å². The number of carbonyl (C=O) groups is 2. The van der Waals surface area contributed by atoms with Crippen LogP contribution < -0.4 is 56.8 Å². The number of carbonyl (C=O) groups excluding carboxylic acids is 2. The zero-order valence-electron chi connectivity index (χ0n) is 53.0. The number of aliphatic hydroxyl groups is 2. The van der Waals surface area contributed by atoms with Crippen LogP contribution in [0.2, 0.25) is 0 Å². The Balaban J connectivity index is 0.000000272. The molecule has 0 radical (unpaired) electrons. The molecule has 8 rings (SSSR count). The van der Waals surface area contributed by atoms with E-state index in [0.29, 0.717) is 48.5 Å². The molecule has 0 saturated carbocycles. The van der Waals surface area contributed by atoms with Crippen LogP contribution in [-0.4, -0.2) is 122 Å². The molecule has 2 N–H and O–H groups in total. The van der Waals surface area contributed by atoms with E-state index < -0.39 is 151 Å². The molecule has 96 heavy (non-hydrogen) atoms. The fourth-order valence-corrected chi connectivity index (χ4v) is 11.0. The number of aliphatic hydroxyl groups excluding tert-OH is 2. The molecule has 0 atom stereocenters. The number of rotatable bonds is 22. The second-order valence-corrected chi connectivity index (χ2v) is 19.4. The Morgan fingerprint density at radius 1 is 0.260 bits per heavy atom. The summed E-state index contributed by atoms with van der Waals surface area (Å²) in [6.45, 7) is -1.81. The van der Waals surface area contributed by atoms with Gasteiger partial charge in [0.1, 0.15) is 0 Å². The molecule has 0 unspecified atom stereocenters. The number of ether oxygens (including phenoxy) is 14. The van der Waals surface area contributed by atoms with Gasteiger partial charge in [-0.05, 0) is 70.8 Å². The van der Waals surface area contributed by atoms with Crippen molar-refractivity contribution < 1.29 is 139 Å². The van der Waals surface area contributed by atoms with E-state index in [4.69, 9.17) is 66.3 Å². The van der Waals surface area contributed by atoms with Gasteiger partial charge in [0.15, 0.2) is 116 Å². The van der Waals surface area contributed by atoms with E-state index in [1.54, 1.807) is 0 Å². The molecule has 8 aromatic carbocycles. The van der Waals surface area contributed by atoms with Crippen LogP contribution in [0.25, 0.3) is 66.8 Å². The van der Waals surface area contributed by atoms with Crippen molar-refractivity contribution in [3.63, 3.8) is 0 Å². The zero-order chi connectivity index (χ0) is 71.2. The van der Waals surface area contributed by atoms with Crippen molar-refractivity contribution in [1.82, 2.24) is 0 Å². The molecule has 0 aliphatic carbocycles. The van der Waals surface area contributed by atoms with Crippen molar-refractivity contribution in [1.29, 1.82) is 0 Å². The van der Waals surface area contributed by atoms with E-state index in [1.807, 2.05) is 0 Å². The van der Waals surface area contributed by atoms with Crippen LogP contribution in [0.4, 0.5) is 52.7 Å². The highest BCUT2D eigenvalue weighted by Crippen LogP contribution is 2.62. The molecule has 0 aromatic heterocycles. The van der Waals surface area contributed by atoms with E-state index in [1.165, 1.54) is 42.7 Å². The van der Waals surface area contributed by atoms with Crippen molar-refractivity contribution in [2.24, 2.45) is 0 Å². The topological polar surface area (TPSA) is 204 Å². The summed E-state index contributed by atoms with van der Waals surface area (Å²) in [6, 6.07) is 4.89. The van der Waals surface area contributed by atoms with E-state index in [0.717, 1.165) is 56.9 Å². The summed E-state index contributed by atoms with van der Waals surface area (Å²) in [4.78, 5) is 27.8. The normalized spacial score (nSPS) is 10.9. The lowest BCUT2D eigenvalue weighted by molar-refractivity contribution is 0.0590. The van der Waals surface area contributed by atoms with Gasteiger partial charge in [-0.3, -0.25) is 0 Å². The van der Waals surface area contributed by atoms with Gasteiger partial charge in [-0.15, -0.1) is 0 Å². The summed E-state index contributed by atoms with van der Waals surface area (Å²) in [5, 5.41) is 21.7. The van der Waals surface area contributed by atoms with Crippen molar-refractivity contribution in [3.05, 3.63) is 141 Å². The van der Waals surface area contributed by atoms with Crippen molar-refractivity contribution in [2.45, 2.75) is 13.2 Å². The second kappa shape index (κ2) is 30.2. The SMILES string of the molecule is COC(=O)c1c(-c2cc(F)c(F)c(F)c2)c(OC)c(OC)c(OC)c1-c1c(OC)c(OC)c(OC)c(-c2cc(F)c(F)c(F)c2)c1C(=O)OC.COc1c(OC)c(-c2cc(F)c(F)c(F)c2)c(CO)c(-c2c(CO)c(-c3cc(F)c(F)c(F)c3)c(OC)c(OC)c2OC)c1OC. The molecule has 8 aromatic rings. The monoisotopic (exact) mass is 1360 g/mol. The maximum Gasteiger partial charge on any atom is 0.339 e. The largest absolute Gasteiger partial charge is 0.492 e. The fraction of sp³-hybridized carbons (Fsp3) is 0.242. The first-order valence-electron chi connectivity index (χ1n) is 27.2. The van der Waals surface area contributed by atoms with Crippen LogP contribution in [0.15, 0.2) is 48.5 Å². The first-order valence-corrected chi connectivity index (χ1v) is 27.2. The summed E-state index contributed by atoms with van der Waals surface area (Å²) < 4.78 is 251. The Morgan fingerprint density at radius 2 is 0.427 bits per heavy atom. The lowest BCUT2D eigenvalue weighted by atomic mass is 9.83. The number of esters is 2. The number of methoxy groups -OCH3 is 14. The standard InChI is InChI=1S/C34H28F6O10.C32H28F6O8/c1-43-27-19(13-9-15(35)25(39)16(36)10-13)23(33(41)49-7)21(29(45-3)31(27)47-5)22-24(34(42)50-8)20(14-11-17(37)26(40)18(38)12-14)28(44-2)32(48-6)30(22)46-4;1-41-27-21(13-7-17(33)25(37)18(34)8-13)15(11-39)23(29(43-3)31(27)45-5)24-16(12-40)22(14-9-19(35)26(38)20(36)10-14)28(42-2)32(46-6)30(24)44-4/h9-12H,1-8H3;7-10,39-40H,11-12H2,1-6H3. The average molecular weight is 1370 g/mol. The summed E-state index contributed by atoms with van der Waals surface area (Å²) in [6.07, 6.45) is 0. The molecule has 0 spiro atoms. The summed E-state index contributed by atoms with van der Waals surface area (Å²) in [7, 11) is 15.9. The number of halogens is 12. The fourth-order valence-electron chi connectivity index (χ4n) is 11.0. The van der Waals surface area contributed by atoms with Gasteiger partial charge in [0, 0.05) is 55.6 Å². The maximum absolute atomic E-state index is 14.8. The lowest BCUT2D eigenvalue weighted by Gasteiger charge is -2.28. The molecule has 0 fully saturated rings. The molecule has 18 nitrogen and oxygen atoms in total. The van der Waals surface area contributed by atoms with E-state index in [2.05, 4.69) is 0 Å². The van der Waals surface area contributed by atoms with Crippen LogP contribution >= 0.6 is 0 Å². The molecule has 0 heterocycles. The average Bonchev–Trinajstić information content (AvgIpc) is 0.737. The van der Waals surface area contributed by atoms with Crippen LogP contribution in [-0.2, 0) is 22.7 Å². The minimum Gasteiger partial charge on any atom is -0.492 e. The summed E-state index contributed by atoms with van der Waals surface area (Å²) >= 11 is 0. The molecule has 512 valence electrons. The maximum atomic E-state index is 14.8. The Labute approximate surface area is 538 Å². The van der Waals surface area contributed by atoms with Gasteiger partial charge in [-0.1, -0.05) is 0 Å². The van der Waals surface area contributed by atoms with Gasteiger partial charge in [0.05, 0.1) is 124 Å². The first kappa shape index (κ1) is 72.8. The minimum absolute atomic E-state index is 0.131. The van der Waals surface area contributed by atoms with Gasteiger partial charge in [-0.25, -0.2) is 62.3 Å². The molecule has 0 bridgehead atoms. The van der Waals surface area contributed by atoms with Crippen molar-refractivity contribution in [3.8, 4) is 136 Å². The third-order valence-corrected chi connectivity index (χ3v) is 14.8. The van der Waals surface area contributed by atoms with E-state index in [-0.39, 0.29) is 102 Å². The van der Waals surface area contributed by atoms with Crippen molar-refractivity contribution in [2.75, 3.05) is 99.5 Å². The minimum atomic E-state index is -1.83. The molecular weight excluding hydrogens is 1310 g/mol. The predicted molar refractivity (Wildman–Crippen MR) is 318 cm³/mol. The Morgan fingerprint density at radius 3 is 0.604 bits per heavy atom. The van der Waals surface area contributed by atoms with Crippen LogP contribution in [0.5, 0.6) is 69.0 Å². The van der Waals surface area contributed by atoms with Crippen molar-refractivity contribution >= 4 is 11.9 Å². The highest BCUT2D eigenvalue weighted by atomic mass is 19.2. The predicted octanol–water partition coefficient (Wildman–Crippen LogP) is 13.7. The Hall–Kier alpha value is -10.6. The van der Waals surface area contributed by atoms with Gasteiger partial charge in [0.25, 0.3) is 0 Å². The summed E-state index contributed by atoms with van der Waals surface area (Å²) in [5.41, 5.74) is -5.65. The highest BCUT2D eigenvalue weighted by Gasteiger charge is 2.42. The third-order valence-electron chi connectivity index (χ3n) is 14.8. The van der Waals surface area contributed by atoms with Gasteiger partial charge in [-0.2, -0.15) is 0 Å². The van der Waals surface area contributed by atoms with E-state index >= 15 is 0 Å². The van der Waals surface area contributed by atoms with Gasteiger partial charge >= 0.3 is 11.9 Å². The lowest BCUT2D eigenvalue weighted by Crippen LogP contribution is -2.15. The summed E-state index contributed by atoms with van der Waals surface area (Å²) in [5.74, 6) is -25.8. The Bertz CT molecular complexity index is 4010. The molecule has 0 aliphatic heterocycles. The molecule has 0 aliphatic rings. The highest BCUT2D eigenvalue weighted by molar-refractivity contribution is 6.16. The number of hydrogen-bond donors (Lipinski definition) is 2. The molecule has 30 heteroatoms. The second-order valence-electron chi connectivity index (χ2n) is 19.4. The number of benzene rings is 8. The zero-order valence-corrected chi connectivity index (χ0v) is 53.0. The molecule has 0 amide bonds. The van der Waals surface area contributed by atoms with Crippen LogP contribution in [0.1, 0.15) is 31.8 Å². The van der Waals surface area contributed by atoms with E-state index in [9.17, 15) is 72.5 Å². The molecular formula is C66H56F12O18. The van der Waals surface area contributed by atoms with Gasteiger partial charge < -0.3 is 76.5 Å². The first-order chi connectivity index (χ1) is 45.8. The Kier molecular flexibility index (Phi) is 22.9. The van der Waals surface area contributed by atoms with Crippen LogP contribution in [0.3, 0.4) is 0 Å².